The van der Waals surface area contributed by atoms with Crippen molar-refractivity contribution in [3.05, 3.63) is 12.7 Å². The summed E-state index contributed by atoms with van der Waals surface area (Å²) in [5, 5.41) is 0. The Balaban J connectivity index is 2.15. The normalized spacial score (nSPS) is 21.8. The Kier molecular flexibility index (Phi) is 2.78. The first-order valence-electron chi connectivity index (χ1n) is 3.66. The highest BCUT2D eigenvalue weighted by Gasteiger charge is 2.06. The summed E-state index contributed by atoms with van der Waals surface area (Å²) < 4.78 is 0. The van der Waals surface area contributed by atoms with Crippen molar-refractivity contribution in [1.82, 2.24) is 4.90 Å². The van der Waals surface area contributed by atoms with E-state index in [1.54, 1.807) is 0 Å². The van der Waals surface area contributed by atoms with Gasteiger partial charge in [-0.05, 0) is 32.0 Å². The second kappa shape index (κ2) is 3.67. The number of hydrogen-bond donors (Lipinski definition) is 0. The predicted molar refractivity (Wildman–Crippen MR) is 39.2 cm³/mol. The lowest BCUT2D eigenvalue weighted by Crippen LogP contribution is -2.29. The number of nitrogens with zero attached hydrogens (tertiary/aromatic N) is 1. The first kappa shape index (κ1) is 6.81. The van der Waals surface area contributed by atoms with Crippen LogP contribution in [0.15, 0.2) is 6.58 Å². The molecule has 0 N–H and O–H groups in total. The molecule has 1 radical (unpaired) electrons. The topological polar surface area (TPSA) is 3.24 Å². The molecule has 0 aromatic rings. The van der Waals surface area contributed by atoms with Crippen LogP contribution in [0.25, 0.3) is 0 Å². The summed E-state index contributed by atoms with van der Waals surface area (Å²) in [4.78, 5) is 2.40. The lowest BCUT2D eigenvalue weighted by Gasteiger charge is -2.24. The number of rotatable bonds is 2. The van der Waals surface area contributed by atoms with Crippen LogP contribution >= 0.6 is 0 Å². The molecule has 1 aliphatic heterocycles. The van der Waals surface area contributed by atoms with Gasteiger partial charge < -0.3 is 0 Å². The van der Waals surface area contributed by atoms with E-state index >= 15 is 0 Å². The monoisotopic (exact) mass is 124 g/mol. The van der Waals surface area contributed by atoms with Gasteiger partial charge >= 0.3 is 0 Å². The standard InChI is InChI=1S/C8H14N/c1-2-6-9-7-4-3-5-8-9/h1,3-8H2. The summed E-state index contributed by atoms with van der Waals surface area (Å²) in [6.45, 7) is 7.05. The average Bonchev–Trinajstić information content (AvgIpc) is 1.91. The smallest absolute Gasteiger partial charge is 0.0230 e. The summed E-state index contributed by atoms with van der Waals surface area (Å²) >= 11 is 0. The zero-order valence-electron chi connectivity index (χ0n) is 5.90. The third kappa shape index (κ3) is 2.19. The van der Waals surface area contributed by atoms with Crippen LogP contribution < -0.4 is 0 Å². The largest absolute Gasteiger partial charge is 0.299 e. The predicted octanol–water partition coefficient (Wildman–Crippen LogP) is 1.46. The molecule has 0 aliphatic carbocycles. The zero-order valence-corrected chi connectivity index (χ0v) is 5.90. The highest BCUT2D eigenvalue weighted by atomic mass is 15.1. The van der Waals surface area contributed by atoms with Gasteiger partial charge in [0, 0.05) is 6.54 Å². The van der Waals surface area contributed by atoms with E-state index in [0.29, 0.717) is 0 Å². The van der Waals surface area contributed by atoms with Crippen LogP contribution in [0.5, 0.6) is 0 Å². The fourth-order valence-corrected chi connectivity index (χ4v) is 1.28. The quantitative estimate of drug-likeness (QED) is 0.538. The van der Waals surface area contributed by atoms with Gasteiger partial charge in [0.15, 0.2) is 0 Å². The van der Waals surface area contributed by atoms with E-state index in [0.717, 1.165) is 6.54 Å². The molecule has 0 saturated carbocycles. The third-order valence-corrected chi connectivity index (χ3v) is 1.78. The minimum Gasteiger partial charge on any atom is -0.299 e. The Morgan fingerprint density at radius 1 is 1.22 bits per heavy atom. The second-order valence-electron chi connectivity index (χ2n) is 2.59. The molecule has 0 atom stereocenters. The van der Waals surface area contributed by atoms with Crippen LogP contribution in [0, 0.1) is 6.08 Å². The number of likely N-dealkylation sites (tertiary alicyclic amines) is 1. The van der Waals surface area contributed by atoms with E-state index in [9.17, 15) is 0 Å². The minimum absolute atomic E-state index is 0.958. The van der Waals surface area contributed by atoms with Crippen molar-refractivity contribution in [3.8, 4) is 0 Å². The van der Waals surface area contributed by atoms with Gasteiger partial charge in [0.1, 0.15) is 0 Å². The summed E-state index contributed by atoms with van der Waals surface area (Å²) in [7, 11) is 0. The van der Waals surface area contributed by atoms with Gasteiger partial charge in [-0.3, -0.25) is 4.90 Å². The molecule has 0 unspecified atom stereocenters. The molecule has 51 valence electrons. The first-order valence-corrected chi connectivity index (χ1v) is 3.66. The second-order valence-corrected chi connectivity index (χ2v) is 2.59. The van der Waals surface area contributed by atoms with Crippen LogP contribution in [0.3, 0.4) is 0 Å². The van der Waals surface area contributed by atoms with Crippen molar-refractivity contribution in [3.63, 3.8) is 0 Å². The summed E-state index contributed by atoms with van der Waals surface area (Å²) in [6, 6.07) is 0. The van der Waals surface area contributed by atoms with Crippen molar-refractivity contribution in [2.24, 2.45) is 0 Å². The highest BCUT2D eigenvalue weighted by Crippen LogP contribution is 2.07. The van der Waals surface area contributed by atoms with Gasteiger partial charge in [0.25, 0.3) is 0 Å². The van der Waals surface area contributed by atoms with Gasteiger partial charge in [-0.1, -0.05) is 13.0 Å². The molecule has 1 aliphatic rings. The Hall–Kier alpha value is -0.300. The van der Waals surface area contributed by atoms with Crippen molar-refractivity contribution >= 4 is 0 Å². The molecular formula is C8H14N. The van der Waals surface area contributed by atoms with E-state index in [-0.39, 0.29) is 0 Å². The molecule has 1 saturated heterocycles. The Morgan fingerprint density at radius 3 is 2.44 bits per heavy atom. The fourth-order valence-electron chi connectivity index (χ4n) is 1.28. The van der Waals surface area contributed by atoms with Crippen LogP contribution in [0.1, 0.15) is 19.3 Å². The minimum atomic E-state index is 0.958. The van der Waals surface area contributed by atoms with E-state index < -0.39 is 0 Å². The Morgan fingerprint density at radius 2 is 1.89 bits per heavy atom. The fraction of sp³-hybridized carbons (Fsp3) is 0.750. The van der Waals surface area contributed by atoms with Crippen LogP contribution in [-0.4, -0.2) is 24.5 Å². The van der Waals surface area contributed by atoms with Gasteiger partial charge in [0.2, 0.25) is 0 Å². The molecule has 0 aromatic carbocycles. The molecule has 0 bridgehead atoms. The lowest BCUT2D eigenvalue weighted by atomic mass is 10.1. The Bertz CT molecular complexity index is 82.6. The molecule has 0 aromatic heterocycles. The lowest BCUT2D eigenvalue weighted by molar-refractivity contribution is 0.249. The maximum Gasteiger partial charge on any atom is 0.0230 e. The van der Waals surface area contributed by atoms with E-state index in [2.05, 4.69) is 17.6 Å². The maximum atomic E-state index is 3.59. The van der Waals surface area contributed by atoms with Gasteiger partial charge in [0.05, 0.1) is 0 Å². The molecule has 0 spiro atoms. The molecule has 1 fully saturated rings. The van der Waals surface area contributed by atoms with Gasteiger partial charge in [-0.15, -0.1) is 0 Å². The first-order chi connectivity index (χ1) is 4.43. The summed E-state index contributed by atoms with van der Waals surface area (Å²) in [6.07, 6.45) is 7.05. The van der Waals surface area contributed by atoms with Crippen molar-refractivity contribution in [2.45, 2.75) is 19.3 Å². The highest BCUT2D eigenvalue weighted by molar-refractivity contribution is 4.68. The van der Waals surface area contributed by atoms with Crippen molar-refractivity contribution in [1.29, 1.82) is 0 Å². The molecule has 9 heavy (non-hydrogen) atoms. The van der Waals surface area contributed by atoms with E-state index in [1.165, 1.54) is 32.4 Å². The van der Waals surface area contributed by atoms with Crippen molar-refractivity contribution < 1.29 is 0 Å². The molecule has 1 rings (SSSR count). The SMILES string of the molecule is C=[C]CN1CCCCC1. The summed E-state index contributed by atoms with van der Waals surface area (Å²) in [5.74, 6) is 0. The average molecular weight is 124 g/mol. The molecular weight excluding hydrogens is 110 g/mol. The number of hydrogen-bond acceptors (Lipinski definition) is 1. The van der Waals surface area contributed by atoms with E-state index in [4.69, 9.17) is 0 Å². The van der Waals surface area contributed by atoms with Crippen LogP contribution in [-0.2, 0) is 0 Å². The van der Waals surface area contributed by atoms with E-state index in [1.807, 2.05) is 0 Å². The molecule has 1 heteroatoms. The summed E-state index contributed by atoms with van der Waals surface area (Å²) in [5.41, 5.74) is 0. The Labute approximate surface area is 57.4 Å². The molecule has 0 amide bonds. The molecule has 1 nitrogen and oxygen atoms in total. The maximum absolute atomic E-state index is 3.59. The number of piperidine rings is 1. The van der Waals surface area contributed by atoms with Crippen LogP contribution in [0.4, 0.5) is 0 Å². The van der Waals surface area contributed by atoms with Gasteiger partial charge in [-0.25, -0.2) is 0 Å². The molecule has 1 heterocycles. The van der Waals surface area contributed by atoms with Crippen LogP contribution in [0.2, 0.25) is 0 Å². The third-order valence-electron chi connectivity index (χ3n) is 1.78. The van der Waals surface area contributed by atoms with Gasteiger partial charge in [-0.2, -0.15) is 0 Å². The zero-order chi connectivity index (χ0) is 6.53. The van der Waals surface area contributed by atoms with Crippen molar-refractivity contribution in [2.75, 3.05) is 19.6 Å².